The Labute approximate surface area is 199 Å². The van der Waals surface area contributed by atoms with Crippen LogP contribution in [0.25, 0.3) is 16.9 Å². The van der Waals surface area contributed by atoms with E-state index < -0.39 is 5.91 Å². The van der Waals surface area contributed by atoms with Crippen LogP contribution in [0.4, 0.5) is 0 Å². The molecule has 1 aliphatic heterocycles. The highest BCUT2D eigenvalue weighted by Gasteiger charge is 2.24. The number of nitrogens with zero attached hydrogens (tertiary/aromatic N) is 3. The van der Waals surface area contributed by atoms with Gasteiger partial charge >= 0.3 is 0 Å². The Bertz CT molecular complexity index is 1190. The van der Waals surface area contributed by atoms with Crippen molar-refractivity contribution in [3.8, 4) is 22.7 Å². The smallest absolute Gasteiger partial charge is 0.286 e. The lowest BCUT2D eigenvalue weighted by Crippen LogP contribution is -2.45. The van der Waals surface area contributed by atoms with E-state index in [-0.39, 0.29) is 12.5 Å². The van der Waals surface area contributed by atoms with Gasteiger partial charge in [-0.1, -0.05) is 24.1 Å². The van der Waals surface area contributed by atoms with Crippen molar-refractivity contribution in [3.05, 3.63) is 64.8 Å². The molecule has 1 aliphatic rings. The van der Waals surface area contributed by atoms with Crippen LogP contribution in [0.5, 0.6) is 5.75 Å². The summed E-state index contributed by atoms with van der Waals surface area (Å²) < 4.78 is 7.24. The molecule has 1 aromatic heterocycles. The number of nitrogens with one attached hydrogen (secondary N) is 1. The molecule has 3 N–H and O–H groups in total. The molecule has 0 saturated carbocycles. The van der Waals surface area contributed by atoms with Crippen molar-refractivity contribution < 1.29 is 14.3 Å². The van der Waals surface area contributed by atoms with Crippen molar-refractivity contribution >= 4 is 11.8 Å². The minimum Gasteiger partial charge on any atom is -0.484 e. The summed E-state index contributed by atoms with van der Waals surface area (Å²) >= 11 is 0. The number of nitrogens with two attached hydrogens (primary N) is 1. The third-order valence-electron chi connectivity index (χ3n) is 6.04. The van der Waals surface area contributed by atoms with Gasteiger partial charge in [-0.15, -0.1) is 0 Å². The number of hydrazine groups is 1. The maximum Gasteiger partial charge on any atom is 0.286 e. The number of carbonyl (C=O) groups is 2. The molecule has 0 atom stereocenters. The molecule has 8 nitrogen and oxygen atoms in total. The molecule has 34 heavy (non-hydrogen) atoms. The maximum absolute atomic E-state index is 13.2. The molecule has 4 rings (SSSR count). The number of piperidine rings is 1. The van der Waals surface area contributed by atoms with Gasteiger partial charge in [0.2, 0.25) is 0 Å². The summed E-state index contributed by atoms with van der Waals surface area (Å²) in [5.74, 6) is -0.191. The van der Waals surface area contributed by atoms with E-state index >= 15 is 0 Å². The van der Waals surface area contributed by atoms with Gasteiger partial charge in [0.05, 0.1) is 11.4 Å². The number of carbonyl (C=O) groups excluding carboxylic acids is 2. The predicted octanol–water partition coefficient (Wildman–Crippen LogP) is 3.46. The average Bonchev–Trinajstić information content (AvgIpc) is 3.15. The van der Waals surface area contributed by atoms with Crippen molar-refractivity contribution in [1.29, 1.82) is 0 Å². The van der Waals surface area contributed by atoms with Crippen LogP contribution in [-0.4, -0.2) is 46.3 Å². The van der Waals surface area contributed by atoms with Gasteiger partial charge in [-0.25, -0.2) is 9.69 Å². The van der Waals surface area contributed by atoms with Crippen LogP contribution < -0.4 is 15.9 Å². The first-order chi connectivity index (χ1) is 16.3. The normalized spacial score (nSPS) is 14.1. The molecule has 2 aromatic carbocycles. The molecule has 0 unspecified atom stereocenters. The third-order valence-corrected chi connectivity index (χ3v) is 6.04. The van der Waals surface area contributed by atoms with Gasteiger partial charge in [0, 0.05) is 24.2 Å². The number of primary amides is 1. The minimum absolute atomic E-state index is 0.181. The second-order valence-electron chi connectivity index (χ2n) is 8.79. The highest BCUT2D eigenvalue weighted by atomic mass is 16.5. The number of ether oxygens (including phenoxy) is 1. The molecule has 0 bridgehead atoms. The van der Waals surface area contributed by atoms with Gasteiger partial charge in [-0.05, 0) is 69.5 Å². The third kappa shape index (κ3) is 5.12. The zero-order valence-electron chi connectivity index (χ0n) is 19.9. The fourth-order valence-electron chi connectivity index (χ4n) is 4.33. The summed E-state index contributed by atoms with van der Waals surface area (Å²) in [6.45, 7) is 7.53. The molecule has 178 valence electrons. The van der Waals surface area contributed by atoms with E-state index in [4.69, 9.17) is 15.6 Å². The molecule has 0 aliphatic carbocycles. The van der Waals surface area contributed by atoms with Gasteiger partial charge in [0.25, 0.3) is 11.8 Å². The van der Waals surface area contributed by atoms with Crippen LogP contribution in [0.3, 0.4) is 0 Å². The lowest BCUT2D eigenvalue weighted by atomic mass is 10.0. The highest BCUT2D eigenvalue weighted by Crippen LogP contribution is 2.31. The number of aryl methyl sites for hydroxylation is 2. The Morgan fingerprint density at radius 2 is 1.74 bits per heavy atom. The number of hydrogen-bond acceptors (Lipinski definition) is 5. The zero-order valence-corrected chi connectivity index (χ0v) is 19.9. The van der Waals surface area contributed by atoms with Crippen LogP contribution in [0.15, 0.2) is 42.5 Å². The summed E-state index contributed by atoms with van der Waals surface area (Å²) in [6, 6.07) is 13.5. The molecule has 8 heteroatoms. The van der Waals surface area contributed by atoms with Crippen molar-refractivity contribution in [2.24, 2.45) is 5.73 Å². The van der Waals surface area contributed by atoms with E-state index in [1.54, 1.807) is 12.1 Å². The number of aromatic nitrogens is 2. The number of amides is 2. The summed E-state index contributed by atoms with van der Waals surface area (Å²) in [6.07, 6.45) is 3.34. The molecule has 3 aromatic rings. The second kappa shape index (κ2) is 10.1. The first kappa shape index (κ1) is 23.5. The number of hydrogen-bond donors (Lipinski definition) is 2. The lowest BCUT2D eigenvalue weighted by molar-refractivity contribution is -0.119. The standard InChI is InChI=1S/C26H31N5O3/c1-17-7-12-22(18(2)15-17)31-25(20-8-10-21(11-9-20)34-16-23(27)32)19(3)24(28-31)26(33)29-30-13-5-4-6-14-30/h7-12,15H,4-6,13-14,16H2,1-3H3,(H2,27,32)(H,29,33). The van der Waals surface area contributed by atoms with Gasteiger partial charge < -0.3 is 10.5 Å². The van der Waals surface area contributed by atoms with E-state index in [1.807, 2.05) is 54.7 Å². The first-order valence-corrected chi connectivity index (χ1v) is 11.6. The minimum atomic E-state index is -0.530. The maximum atomic E-state index is 13.2. The number of rotatable bonds is 7. The number of benzene rings is 2. The topological polar surface area (TPSA) is 102 Å². The Hall–Kier alpha value is -3.65. The Morgan fingerprint density at radius 1 is 1.03 bits per heavy atom. The van der Waals surface area contributed by atoms with E-state index in [2.05, 4.69) is 11.5 Å². The first-order valence-electron chi connectivity index (χ1n) is 11.6. The summed E-state index contributed by atoms with van der Waals surface area (Å²) in [5, 5.41) is 6.76. The van der Waals surface area contributed by atoms with Crippen LogP contribution in [-0.2, 0) is 4.79 Å². The van der Waals surface area contributed by atoms with Crippen molar-refractivity contribution in [2.75, 3.05) is 19.7 Å². The molecule has 2 heterocycles. The molecule has 1 saturated heterocycles. The van der Waals surface area contributed by atoms with Gasteiger partial charge in [0.15, 0.2) is 12.3 Å². The van der Waals surface area contributed by atoms with Crippen LogP contribution in [0.1, 0.15) is 46.4 Å². The SMILES string of the molecule is Cc1ccc(-n2nc(C(=O)NN3CCCCC3)c(C)c2-c2ccc(OCC(N)=O)cc2)c(C)c1. The Balaban J connectivity index is 1.74. The Kier molecular flexibility index (Phi) is 6.98. The molecular weight excluding hydrogens is 430 g/mol. The predicted molar refractivity (Wildman–Crippen MR) is 131 cm³/mol. The quantitative estimate of drug-likeness (QED) is 0.561. The van der Waals surface area contributed by atoms with E-state index in [0.29, 0.717) is 11.4 Å². The molecule has 0 radical (unpaired) electrons. The monoisotopic (exact) mass is 461 g/mol. The fourth-order valence-corrected chi connectivity index (χ4v) is 4.33. The summed E-state index contributed by atoms with van der Waals surface area (Å²) in [4.78, 5) is 24.2. The zero-order chi connectivity index (χ0) is 24.2. The van der Waals surface area contributed by atoms with Gasteiger partial charge in [-0.3, -0.25) is 15.0 Å². The van der Waals surface area contributed by atoms with Crippen LogP contribution in [0.2, 0.25) is 0 Å². The molecule has 2 amide bonds. The van der Waals surface area contributed by atoms with E-state index in [1.165, 1.54) is 6.42 Å². The van der Waals surface area contributed by atoms with E-state index in [9.17, 15) is 9.59 Å². The van der Waals surface area contributed by atoms with Crippen molar-refractivity contribution in [3.63, 3.8) is 0 Å². The molecule has 0 spiro atoms. The molecule has 1 fully saturated rings. The van der Waals surface area contributed by atoms with E-state index in [0.717, 1.165) is 59.6 Å². The van der Waals surface area contributed by atoms with Crippen LogP contribution >= 0.6 is 0 Å². The van der Waals surface area contributed by atoms with Crippen molar-refractivity contribution in [2.45, 2.75) is 40.0 Å². The van der Waals surface area contributed by atoms with Crippen LogP contribution in [0, 0.1) is 20.8 Å². The Morgan fingerprint density at radius 3 is 2.38 bits per heavy atom. The fraction of sp³-hybridized carbons (Fsp3) is 0.346. The van der Waals surface area contributed by atoms with Gasteiger partial charge in [0.1, 0.15) is 5.75 Å². The largest absolute Gasteiger partial charge is 0.484 e. The summed E-state index contributed by atoms with van der Waals surface area (Å²) in [5.41, 5.74) is 14.2. The lowest BCUT2D eigenvalue weighted by Gasteiger charge is -2.26. The highest BCUT2D eigenvalue weighted by molar-refractivity contribution is 5.95. The average molecular weight is 462 g/mol. The second-order valence-corrected chi connectivity index (χ2v) is 8.79. The van der Waals surface area contributed by atoms with Crippen molar-refractivity contribution in [1.82, 2.24) is 20.2 Å². The summed E-state index contributed by atoms with van der Waals surface area (Å²) in [7, 11) is 0. The molecular formula is C26H31N5O3. The van der Waals surface area contributed by atoms with Gasteiger partial charge in [-0.2, -0.15) is 5.10 Å².